The summed E-state index contributed by atoms with van der Waals surface area (Å²) < 4.78 is 5.42. The molecule has 3 N–H and O–H groups in total. The van der Waals surface area contributed by atoms with E-state index in [9.17, 15) is 19.2 Å². The highest BCUT2D eigenvalue weighted by molar-refractivity contribution is 5.94. The Kier molecular flexibility index (Phi) is 12.7. The predicted molar refractivity (Wildman–Crippen MR) is 126 cm³/mol. The van der Waals surface area contributed by atoms with Crippen molar-refractivity contribution in [1.82, 2.24) is 16.0 Å². The Morgan fingerprint density at radius 3 is 1.91 bits per heavy atom. The quantitative estimate of drug-likeness (QED) is 0.369. The van der Waals surface area contributed by atoms with E-state index in [1.165, 1.54) is 0 Å². The molecule has 8 nitrogen and oxygen atoms in total. The Labute approximate surface area is 194 Å². The number of carbonyl (C=O) groups excluding carboxylic acids is 4. The predicted octanol–water partition coefficient (Wildman–Crippen LogP) is 2.60. The van der Waals surface area contributed by atoms with E-state index in [0.29, 0.717) is 19.6 Å². The van der Waals surface area contributed by atoms with Gasteiger partial charge in [0.15, 0.2) is 5.78 Å². The Morgan fingerprint density at radius 2 is 1.41 bits per heavy atom. The van der Waals surface area contributed by atoms with E-state index in [1.807, 2.05) is 13.8 Å². The second-order valence-electron chi connectivity index (χ2n) is 10.9. The molecule has 0 fully saturated rings. The fraction of sp³-hybridized carbons (Fsp3) is 0.833. The third-order valence-corrected chi connectivity index (χ3v) is 4.90. The van der Waals surface area contributed by atoms with E-state index < -0.39 is 17.5 Å². The first-order valence-corrected chi connectivity index (χ1v) is 11.5. The Balaban J connectivity index is 4.30. The smallest absolute Gasteiger partial charge is 0.243 e. The van der Waals surface area contributed by atoms with Gasteiger partial charge in [0.2, 0.25) is 17.7 Å². The van der Waals surface area contributed by atoms with Gasteiger partial charge >= 0.3 is 0 Å². The van der Waals surface area contributed by atoms with Gasteiger partial charge < -0.3 is 20.7 Å². The summed E-state index contributed by atoms with van der Waals surface area (Å²) >= 11 is 0. The summed E-state index contributed by atoms with van der Waals surface area (Å²) in [6, 6.07) is -1.37. The van der Waals surface area contributed by atoms with Gasteiger partial charge in [-0.3, -0.25) is 19.2 Å². The Bertz CT molecular complexity index is 633. The molecule has 0 bridgehead atoms. The van der Waals surface area contributed by atoms with Crippen molar-refractivity contribution in [3.63, 3.8) is 0 Å². The third-order valence-electron chi connectivity index (χ3n) is 4.90. The van der Waals surface area contributed by atoms with Crippen LogP contribution in [-0.2, 0) is 23.9 Å². The third kappa shape index (κ3) is 13.5. The monoisotopic (exact) mass is 455 g/mol. The number of rotatable bonds is 13. The van der Waals surface area contributed by atoms with Gasteiger partial charge in [0.05, 0.1) is 19.3 Å². The standard InChI is InChI=1S/C24H45N3O5/c1-16(2)20(22(31)26-17(3)21(30)24(7,8)9)27-19(29)11-14-32-15-13-25-18(28)10-12-23(4,5)6/h16-17,20H,10-15H2,1-9H3,(H,25,28)(H,26,31)(H,27,29)/t17-,20-/m0/s1. The van der Waals surface area contributed by atoms with Gasteiger partial charge in [0, 0.05) is 24.8 Å². The van der Waals surface area contributed by atoms with E-state index in [2.05, 4.69) is 36.7 Å². The van der Waals surface area contributed by atoms with Crippen molar-refractivity contribution in [3.8, 4) is 0 Å². The number of ketones is 1. The number of ether oxygens (including phenoxy) is 1. The van der Waals surface area contributed by atoms with Crippen molar-refractivity contribution in [3.05, 3.63) is 0 Å². The zero-order valence-corrected chi connectivity index (χ0v) is 21.5. The van der Waals surface area contributed by atoms with Crippen LogP contribution in [0.5, 0.6) is 0 Å². The van der Waals surface area contributed by atoms with Crippen LogP contribution in [0, 0.1) is 16.7 Å². The molecule has 0 rings (SSSR count). The molecule has 0 aromatic rings. The zero-order chi connectivity index (χ0) is 25.1. The summed E-state index contributed by atoms with van der Waals surface area (Å²) in [6.07, 6.45) is 1.39. The Morgan fingerprint density at radius 1 is 0.812 bits per heavy atom. The lowest BCUT2D eigenvalue weighted by Crippen LogP contribution is -2.54. The van der Waals surface area contributed by atoms with E-state index in [1.54, 1.807) is 27.7 Å². The average molecular weight is 456 g/mol. The largest absolute Gasteiger partial charge is 0.379 e. The Hall–Kier alpha value is -1.96. The maximum atomic E-state index is 12.6. The van der Waals surface area contributed by atoms with Crippen LogP contribution in [0.1, 0.15) is 81.6 Å². The van der Waals surface area contributed by atoms with Gasteiger partial charge in [-0.25, -0.2) is 0 Å². The minimum Gasteiger partial charge on any atom is -0.379 e. The number of amides is 3. The molecular weight excluding hydrogens is 410 g/mol. The lowest BCUT2D eigenvalue weighted by Gasteiger charge is -2.26. The fourth-order valence-corrected chi connectivity index (χ4v) is 2.91. The van der Waals surface area contributed by atoms with E-state index in [4.69, 9.17) is 4.74 Å². The van der Waals surface area contributed by atoms with Crippen LogP contribution in [0.4, 0.5) is 0 Å². The minimum atomic E-state index is -0.736. The average Bonchev–Trinajstić information content (AvgIpc) is 2.64. The van der Waals surface area contributed by atoms with Crippen molar-refractivity contribution >= 4 is 23.5 Å². The van der Waals surface area contributed by atoms with E-state index >= 15 is 0 Å². The molecule has 3 amide bonds. The van der Waals surface area contributed by atoms with E-state index in [0.717, 1.165) is 6.42 Å². The van der Waals surface area contributed by atoms with E-state index in [-0.39, 0.29) is 47.9 Å². The minimum absolute atomic E-state index is 0.00812. The normalized spacial score (nSPS) is 13.9. The van der Waals surface area contributed by atoms with Crippen molar-refractivity contribution in [2.75, 3.05) is 19.8 Å². The number of Topliss-reactive ketones (excluding diaryl/α,β-unsaturated/α-hetero) is 1. The first-order valence-electron chi connectivity index (χ1n) is 11.5. The summed E-state index contributed by atoms with van der Waals surface area (Å²) in [4.78, 5) is 48.9. The summed E-state index contributed by atoms with van der Waals surface area (Å²) in [5.74, 6) is -0.898. The van der Waals surface area contributed by atoms with Gasteiger partial charge in [0.25, 0.3) is 0 Å². The van der Waals surface area contributed by atoms with Crippen LogP contribution >= 0.6 is 0 Å². The highest BCUT2D eigenvalue weighted by atomic mass is 16.5. The number of hydrogen-bond acceptors (Lipinski definition) is 5. The zero-order valence-electron chi connectivity index (χ0n) is 21.5. The molecule has 0 aliphatic rings. The summed E-state index contributed by atoms with van der Waals surface area (Å²) in [7, 11) is 0. The van der Waals surface area contributed by atoms with Gasteiger partial charge in [0.1, 0.15) is 6.04 Å². The molecule has 0 unspecified atom stereocenters. The van der Waals surface area contributed by atoms with Gasteiger partial charge in [-0.2, -0.15) is 0 Å². The molecule has 32 heavy (non-hydrogen) atoms. The topological polar surface area (TPSA) is 114 Å². The molecule has 0 radical (unpaired) electrons. The SMILES string of the molecule is CC(C)[C@H](NC(=O)CCOCCNC(=O)CCC(C)(C)C)C(=O)N[C@@H](C)C(=O)C(C)(C)C. The van der Waals surface area contributed by atoms with Gasteiger partial charge in [-0.05, 0) is 24.7 Å². The van der Waals surface area contributed by atoms with Crippen LogP contribution in [0.3, 0.4) is 0 Å². The lowest BCUT2D eigenvalue weighted by molar-refractivity contribution is -0.134. The molecule has 0 saturated carbocycles. The molecular formula is C24H45N3O5. The maximum Gasteiger partial charge on any atom is 0.243 e. The van der Waals surface area contributed by atoms with Crippen LogP contribution in [-0.4, -0.2) is 55.3 Å². The number of carbonyl (C=O) groups is 4. The first kappa shape index (κ1) is 30.0. The van der Waals surface area contributed by atoms with Crippen LogP contribution in [0.2, 0.25) is 0 Å². The highest BCUT2D eigenvalue weighted by Crippen LogP contribution is 2.20. The van der Waals surface area contributed by atoms with Crippen LogP contribution in [0.25, 0.3) is 0 Å². The fourth-order valence-electron chi connectivity index (χ4n) is 2.91. The molecule has 0 aliphatic carbocycles. The molecule has 0 aliphatic heterocycles. The number of nitrogens with one attached hydrogen (secondary N) is 3. The lowest BCUT2D eigenvalue weighted by atomic mass is 9.87. The second-order valence-corrected chi connectivity index (χ2v) is 10.9. The van der Waals surface area contributed by atoms with Gasteiger partial charge in [-0.15, -0.1) is 0 Å². The van der Waals surface area contributed by atoms with Crippen molar-refractivity contribution in [2.24, 2.45) is 16.7 Å². The summed E-state index contributed by atoms with van der Waals surface area (Å²) in [5, 5.41) is 8.24. The summed E-state index contributed by atoms with van der Waals surface area (Å²) in [5.41, 5.74) is -0.446. The molecule has 0 heterocycles. The molecule has 0 spiro atoms. The maximum absolute atomic E-state index is 12.6. The molecule has 0 aromatic carbocycles. The molecule has 0 aromatic heterocycles. The molecule has 0 saturated heterocycles. The first-order chi connectivity index (χ1) is 14.5. The van der Waals surface area contributed by atoms with Crippen molar-refractivity contribution < 1.29 is 23.9 Å². The van der Waals surface area contributed by atoms with Crippen molar-refractivity contribution in [1.29, 1.82) is 0 Å². The molecule has 8 heteroatoms. The molecule has 2 atom stereocenters. The summed E-state index contributed by atoms with van der Waals surface area (Å²) in [6.45, 7) is 17.9. The van der Waals surface area contributed by atoms with Crippen LogP contribution in [0.15, 0.2) is 0 Å². The van der Waals surface area contributed by atoms with Gasteiger partial charge in [-0.1, -0.05) is 55.4 Å². The number of hydrogen-bond donors (Lipinski definition) is 3. The second kappa shape index (κ2) is 13.6. The molecule has 186 valence electrons. The van der Waals surface area contributed by atoms with Crippen LogP contribution < -0.4 is 16.0 Å². The highest BCUT2D eigenvalue weighted by Gasteiger charge is 2.31. The van der Waals surface area contributed by atoms with Crippen molar-refractivity contribution in [2.45, 2.75) is 93.7 Å².